The summed E-state index contributed by atoms with van der Waals surface area (Å²) in [4.78, 5) is 19.0. The lowest BCUT2D eigenvalue weighted by Gasteiger charge is -2.32. The number of aliphatic hydroxyl groups is 2. The van der Waals surface area contributed by atoms with Crippen LogP contribution in [-0.2, 0) is 22.6 Å². The summed E-state index contributed by atoms with van der Waals surface area (Å²) in [7, 11) is 1.32. The quantitative estimate of drug-likeness (QED) is 0.275. The first kappa shape index (κ1) is 31.2. The third-order valence-corrected chi connectivity index (χ3v) is 6.62. The van der Waals surface area contributed by atoms with Gasteiger partial charge in [-0.3, -0.25) is 4.79 Å². The van der Waals surface area contributed by atoms with Gasteiger partial charge in [-0.1, -0.05) is 29.8 Å². The monoisotopic (exact) mass is 589 g/mol. The number of pyridine rings is 1. The Kier molecular flexibility index (Phi) is 9.07. The molecule has 13 heteroatoms. The second-order valence-corrected chi connectivity index (χ2v) is 9.97. The van der Waals surface area contributed by atoms with Crippen molar-refractivity contribution in [1.29, 1.82) is 0 Å². The van der Waals surface area contributed by atoms with E-state index in [2.05, 4.69) is 10.3 Å². The predicted molar refractivity (Wildman–Crippen MR) is 139 cm³/mol. The molecule has 0 radical (unpaired) electrons. The summed E-state index contributed by atoms with van der Waals surface area (Å²) >= 11 is 6.39. The van der Waals surface area contributed by atoms with Crippen LogP contribution in [0.3, 0.4) is 0 Å². The smallest absolute Gasteiger partial charge is 0.394 e. The lowest BCUT2D eigenvalue weighted by Crippen LogP contribution is -2.42. The molecule has 0 aliphatic carbocycles. The Morgan fingerprint density at radius 2 is 1.52 bits per heavy atom. The van der Waals surface area contributed by atoms with Gasteiger partial charge < -0.3 is 20.4 Å². The molecule has 1 atom stereocenters. The summed E-state index contributed by atoms with van der Waals surface area (Å²) in [5.41, 5.74) is -4.37. The number of nitrogens with zero attached hydrogens (tertiary/aromatic N) is 2. The zero-order valence-electron chi connectivity index (χ0n) is 21.5. The van der Waals surface area contributed by atoms with Gasteiger partial charge in [-0.2, -0.15) is 26.3 Å². The Morgan fingerprint density at radius 1 is 0.975 bits per heavy atom. The first-order chi connectivity index (χ1) is 18.5. The van der Waals surface area contributed by atoms with E-state index in [4.69, 9.17) is 16.7 Å². The van der Waals surface area contributed by atoms with Gasteiger partial charge in [0.25, 0.3) is 0 Å². The molecule has 0 spiro atoms. The molecule has 0 bridgehead atoms. The number of amides is 1. The van der Waals surface area contributed by atoms with Crippen molar-refractivity contribution >= 4 is 29.0 Å². The third kappa shape index (κ3) is 6.86. The molecule has 1 amide bonds. The summed E-state index contributed by atoms with van der Waals surface area (Å²) in [6, 6.07) is 9.20. The van der Waals surface area contributed by atoms with Crippen molar-refractivity contribution in [1.82, 2.24) is 4.98 Å². The number of rotatable bonds is 8. The molecular formula is C27H26ClF6N3O3. The van der Waals surface area contributed by atoms with Crippen LogP contribution in [-0.4, -0.2) is 47.4 Å². The maximum atomic E-state index is 13.7. The summed E-state index contributed by atoms with van der Waals surface area (Å²) in [6.45, 7) is 1.91. The standard InChI is InChI=1S/C27H26ClF6N3O3/c1-25(2,15-8-16(26(29,30)31)10-17(9-15)27(32,33)34)24(40)37(3)22-13-36-23(35-12-18(39)14-38)11-20(22)19-6-4-5-7-21(19)28/h4-11,13,18,38-39H,12,14H2,1-3H3,(H,35,36)/t18-/m0/s1. The van der Waals surface area contributed by atoms with Crippen LogP contribution in [0.5, 0.6) is 0 Å². The number of likely N-dealkylation sites (N-methyl/N-ethyl adjacent to an activating group) is 1. The SMILES string of the molecule is CN(C(=O)C(C)(C)c1cc(C(F)(F)F)cc(C(F)(F)F)c1)c1cnc(NC[C@H](O)CO)cc1-c1ccccc1Cl. The van der Waals surface area contributed by atoms with E-state index in [1.165, 1.54) is 33.2 Å². The van der Waals surface area contributed by atoms with E-state index in [0.29, 0.717) is 28.3 Å². The number of carbonyl (C=O) groups excluding carboxylic acids is 1. The largest absolute Gasteiger partial charge is 0.416 e. The van der Waals surface area contributed by atoms with E-state index in [9.17, 15) is 36.2 Å². The molecule has 40 heavy (non-hydrogen) atoms. The molecule has 0 saturated heterocycles. The first-order valence-electron chi connectivity index (χ1n) is 11.8. The molecule has 3 rings (SSSR count). The van der Waals surface area contributed by atoms with Crippen LogP contribution in [0.1, 0.15) is 30.5 Å². The van der Waals surface area contributed by atoms with E-state index in [0.717, 1.165) is 4.90 Å². The van der Waals surface area contributed by atoms with Gasteiger partial charge in [-0.05, 0) is 49.7 Å². The van der Waals surface area contributed by atoms with Crippen LogP contribution in [0.25, 0.3) is 11.1 Å². The first-order valence-corrected chi connectivity index (χ1v) is 12.2. The van der Waals surface area contributed by atoms with Crippen molar-refractivity contribution < 1.29 is 41.4 Å². The molecule has 1 aromatic heterocycles. The van der Waals surface area contributed by atoms with Gasteiger partial charge >= 0.3 is 12.4 Å². The molecule has 216 valence electrons. The van der Waals surface area contributed by atoms with Crippen LogP contribution in [0.2, 0.25) is 5.02 Å². The minimum absolute atomic E-state index is 0.00660. The highest BCUT2D eigenvalue weighted by atomic mass is 35.5. The van der Waals surface area contributed by atoms with Crippen molar-refractivity contribution in [2.45, 2.75) is 37.7 Å². The van der Waals surface area contributed by atoms with Gasteiger partial charge in [0.05, 0.1) is 41.1 Å². The molecule has 0 aliphatic rings. The lowest BCUT2D eigenvalue weighted by molar-refractivity contribution is -0.143. The van der Waals surface area contributed by atoms with Crippen LogP contribution in [0, 0.1) is 0 Å². The summed E-state index contributed by atoms with van der Waals surface area (Å²) in [6.07, 6.45) is -9.94. The molecular weight excluding hydrogens is 564 g/mol. The zero-order valence-corrected chi connectivity index (χ0v) is 22.3. The Hall–Kier alpha value is -3.35. The number of halogens is 7. The molecule has 3 N–H and O–H groups in total. The van der Waals surface area contributed by atoms with Gasteiger partial charge in [0.2, 0.25) is 5.91 Å². The van der Waals surface area contributed by atoms with Crippen molar-refractivity contribution in [3.63, 3.8) is 0 Å². The Labute approximate surface area is 231 Å². The van der Waals surface area contributed by atoms with Crippen molar-refractivity contribution in [2.75, 3.05) is 30.4 Å². The van der Waals surface area contributed by atoms with Crippen LogP contribution >= 0.6 is 11.6 Å². The summed E-state index contributed by atoms with van der Waals surface area (Å²) in [5, 5.41) is 21.8. The van der Waals surface area contributed by atoms with Crippen LogP contribution < -0.4 is 10.2 Å². The number of benzene rings is 2. The number of alkyl halides is 6. The normalized spacial score (nSPS) is 13.2. The number of nitrogens with one attached hydrogen (secondary N) is 1. The Balaban J connectivity index is 2.11. The Bertz CT molecular complexity index is 1350. The average Bonchev–Trinajstić information content (AvgIpc) is 2.89. The van der Waals surface area contributed by atoms with E-state index in [1.54, 1.807) is 24.3 Å². The van der Waals surface area contributed by atoms with E-state index in [1.807, 2.05) is 0 Å². The highest BCUT2D eigenvalue weighted by Gasteiger charge is 2.41. The summed E-state index contributed by atoms with van der Waals surface area (Å²) < 4.78 is 80.9. The minimum Gasteiger partial charge on any atom is -0.394 e. The minimum atomic E-state index is -5.07. The molecule has 3 aromatic rings. The molecule has 1 heterocycles. The fourth-order valence-electron chi connectivity index (χ4n) is 3.96. The van der Waals surface area contributed by atoms with Crippen LogP contribution in [0.15, 0.2) is 54.7 Å². The zero-order chi connectivity index (χ0) is 30.0. The van der Waals surface area contributed by atoms with Gasteiger partial charge in [-0.25, -0.2) is 4.98 Å². The van der Waals surface area contributed by atoms with Crippen LogP contribution in [0.4, 0.5) is 37.8 Å². The molecule has 0 aliphatic heterocycles. The van der Waals surface area contributed by atoms with E-state index in [-0.39, 0.29) is 24.1 Å². The molecule has 0 fully saturated rings. The second-order valence-electron chi connectivity index (χ2n) is 9.57. The number of aromatic nitrogens is 1. The van der Waals surface area contributed by atoms with E-state index < -0.39 is 53.1 Å². The second kappa shape index (κ2) is 11.6. The van der Waals surface area contributed by atoms with Gasteiger partial charge in [-0.15, -0.1) is 0 Å². The van der Waals surface area contributed by atoms with E-state index >= 15 is 0 Å². The van der Waals surface area contributed by atoms with Crippen molar-refractivity contribution in [3.05, 3.63) is 76.4 Å². The molecule has 6 nitrogen and oxygen atoms in total. The number of hydrogen-bond acceptors (Lipinski definition) is 5. The molecule has 0 saturated carbocycles. The fourth-order valence-corrected chi connectivity index (χ4v) is 4.20. The van der Waals surface area contributed by atoms with Gasteiger partial charge in [0.1, 0.15) is 5.82 Å². The average molecular weight is 590 g/mol. The number of hydrogen-bond donors (Lipinski definition) is 3. The topological polar surface area (TPSA) is 85.7 Å². The maximum absolute atomic E-state index is 13.7. The Morgan fingerprint density at radius 3 is 2.05 bits per heavy atom. The fraction of sp³-hybridized carbons (Fsp3) is 0.333. The molecule has 0 unspecified atom stereocenters. The predicted octanol–water partition coefficient (Wildman–Crippen LogP) is 6.15. The van der Waals surface area contributed by atoms with Crippen molar-refractivity contribution in [2.24, 2.45) is 0 Å². The van der Waals surface area contributed by atoms with Gasteiger partial charge in [0, 0.05) is 29.7 Å². The van der Waals surface area contributed by atoms with Gasteiger partial charge in [0.15, 0.2) is 0 Å². The molecule has 2 aromatic carbocycles. The number of carbonyl (C=O) groups is 1. The maximum Gasteiger partial charge on any atom is 0.416 e. The number of aliphatic hydroxyl groups excluding tert-OH is 2. The lowest BCUT2D eigenvalue weighted by atomic mass is 9.81. The highest BCUT2D eigenvalue weighted by Crippen LogP contribution is 2.41. The van der Waals surface area contributed by atoms with Crippen molar-refractivity contribution in [3.8, 4) is 11.1 Å². The highest BCUT2D eigenvalue weighted by molar-refractivity contribution is 6.33. The number of anilines is 2. The summed E-state index contributed by atoms with van der Waals surface area (Å²) in [5.74, 6) is -0.564. The third-order valence-electron chi connectivity index (χ3n) is 6.29.